The molecule has 2 unspecified atom stereocenters. The minimum absolute atomic E-state index is 0.000324. The van der Waals surface area contributed by atoms with Crippen molar-refractivity contribution in [3.05, 3.63) is 29.3 Å². The summed E-state index contributed by atoms with van der Waals surface area (Å²) in [6.45, 7) is 5.57. The van der Waals surface area contributed by atoms with Gasteiger partial charge >= 0.3 is 6.18 Å². The van der Waals surface area contributed by atoms with Gasteiger partial charge in [0, 0.05) is 12.2 Å². The molecule has 1 aliphatic rings. The van der Waals surface area contributed by atoms with Crippen LogP contribution in [0.15, 0.2) is 18.2 Å². The van der Waals surface area contributed by atoms with E-state index in [0.717, 1.165) is 17.0 Å². The Bertz CT molecular complexity index is 640. The number of benzene rings is 1. The summed E-state index contributed by atoms with van der Waals surface area (Å²) in [5.74, 6) is 0. The molecule has 0 amide bonds. The van der Waals surface area contributed by atoms with Crippen LogP contribution in [0.5, 0.6) is 0 Å². The van der Waals surface area contributed by atoms with Gasteiger partial charge in [-0.1, -0.05) is 6.92 Å². The van der Waals surface area contributed by atoms with Gasteiger partial charge in [0.05, 0.1) is 22.7 Å². The summed E-state index contributed by atoms with van der Waals surface area (Å²) in [5, 5.41) is 29.6. The molecule has 2 N–H and O–H groups in total. The lowest BCUT2D eigenvalue weighted by molar-refractivity contribution is -0.137. The van der Waals surface area contributed by atoms with Crippen molar-refractivity contribution in [3.8, 4) is 6.07 Å². The van der Waals surface area contributed by atoms with E-state index in [9.17, 15) is 23.4 Å². The number of hydrogen-bond donors (Lipinski definition) is 2. The molecular formula is C15H18F3N3O2. The molecule has 0 saturated carbocycles. The first kappa shape index (κ1) is 17.5. The molecule has 1 aliphatic heterocycles. The molecule has 2 rings (SSSR count). The zero-order valence-electron chi connectivity index (χ0n) is 13.0. The van der Waals surface area contributed by atoms with Gasteiger partial charge in [0.15, 0.2) is 6.35 Å². The molecule has 0 bridgehead atoms. The lowest BCUT2D eigenvalue weighted by atomic mass is 10.0. The second-order valence-electron chi connectivity index (χ2n) is 5.91. The molecule has 23 heavy (non-hydrogen) atoms. The second kappa shape index (κ2) is 5.67. The Morgan fingerprint density at radius 1 is 1.30 bits per heavy atom. The van der Waals surface area contributed by atoms with Crippen LogP contribution in [0.4, 0.5) is 18.9 Å². The van der Waals surface area contributed by atoms with Crippen LogP contribution in [0.1, 0.15) is 31.9 Å². The highest BCUT2D eigenvalue weighted by Crippen LogP contribution is 2.40. The van der Waals surface area contributed by atoms with E-state index in [2.05, 4.69) is 0 Å². The third-order valence-corrected chi connectivity index (χ3v) is 4.23. The predicted molar refractivity (Wildman–Crippen MR) is 77.1 cm³/mol. The van der Waals surface area contributed by atoms with Crippen LogP contribution in [0.25, 0.3) is 0 Å². The Balaban J connectivity index is 2.53. The van der Waals surface area contributed by atoms with Crippen LogP contribution in [0.2, 0.25) is 0 Å². The van der Waals surface area contributed by atoms with Gasteiger partial charge in [-0.3, -0.25) is 4.90 Å². The maximum atomic E-state index is 13.1. The van der Waals surface area contributed by atoms with Gasteiger partial charge in [-0.05, 0) is 32.0 Å². The van der Waals surface area contributed by atoms with Gasteiger partial charge in [-0.15, -0.1) is 0 Å². The molecule has 5 nitrogen and oxygen atoms in total. The zero-order valence-corrected chi connectivity index (χ0v) is 13.0. The summed E-state index contributed by atoms with van der Waals surface area (Å²) in [6.07, 6.45) is -7.16. The van der Waals surface area contributed by atoms with Gasteiger partial charge in [0.2, 0.25) is 0 Å². The molecule has 0 spiro atoms. The van der Waals surface area contributed by atoms with E-state index in [1.807, 2.05) is 0 Å². The number of likely N-dealkylation sites (N-methyl/N-ethyl adjacent to an activating group) is 1. The third kappa shape index (κ3) is 2.76. The van der Waals surface area contributed by atoms with Crippen molar-refractivity contribution in [2.24, 2.45) is 0 Å². The molecule has 1 saturated heterocycles. The Morgan fingerprint density at radius 2 is 1.91 bits per heavy atom. The molecule has 126 valence electrons. The smallest absolute Gasteiger partial charge is 0.372 e. The number of aliphatic hydroxyl groups excluding tert-OH is 2. The van der Waals surface area contributed by atoms with Gasteiger partial charge < -0.3 is 15.1 Å². The topological polar surface area (TPSA) is 70.7 Å². The summed E-state index contributed by atoms with van der Waals surface area (Å²) in [6, 6.07) is 4.61. The van der Waals surface area contributed by atoms with Crippen molar-refractivity contribution in [1.29, 1.82) is 5.26 Å². The normalized spacial score (nSPS) is 24.7. The Hall–Kier alpha value is -1.82. The molecule has 0 aromatic heterocycles. The fourth-order valence-electron chi connectivity index (χ4n) is 2.93. The predicted octanol–water partition coefficient (Wildman–Crippen LogP) is 2.09. The SMILES string of the molecule is CCN1C(O)N(c2ccc(C#N)c(C(F)(F)F)c2)C(O)C1(C)C. The number of halogens is 3. The van der Waals surface area contributed by atoms with Crippen LogP contribution in [-0.2, 0) is 6.18 Å². The van der Waals surface area contributed by atoms with E-state index in [1.165, 1.54) is 12.1 Å². The van der Waals surface area contributed by atoms with Crippen LogP contribution < -0.4 is 4.90 Å². The molecule has 1 fully saturated rings. The Labute approximate surface area is 132 Å². The lowest BCUT2D eigenvalue weighted by Crippen LogP contribution is -2.47. The maximum absolute atomic E-state index is 13.1. The maximum Gasteiger partial charge on any atom is 0.417 e. The Kier molecular flexibility index (Phi) is 4.32. The fourth-order valence-corrected chi connectivity index (χ4v) is 2.93. The van der Waals surface area contributed by atoms with Crippen molar-refractivity contribution in [3.63, 3.8) is 0 Å². The highest BCUT2D eigenvalue weighted by molar-refractivity contribution is 5.56. The molecule has 8 heteroatoms. The van der Waals surface area contributed by atoms with E-state index in [-0.39, 0.29) is 5.69 Å². The van der Waals surface area contributed by atoms with Gasteiger partial charge in [-0.25, -0.2) is 0 Å². The van der Waals surface area contributed by atoms with Crippen LogP contribution >= 0.6 is 0 Å². The van der Waals surface area contributed by atoms with Crippen molar-refractivity contribution >= 4 is 5.69 Å². The summed E-state index contributed by atoms with van der Waals surface area (Å²) >= 11 is 0. The van der Waals surface area contributed by atoms with Gasteiger partial charge in [0.25, 0.3) is 0 Å². The molecule has 2 atom stereocenters. The van der Waals surface area contributed by atoms with Gasteiger partial charge in [0.1, 0.15) is 6.23 Å². The summed E-state index contributed by atoms with van der Waals surface area (Å²) < 4.78 is 39.3. The zero-order chi connectivity index (χ0) is 17.6. The van der Waals surface area contributed by atoms with Crippen molar-refractivity contribution in [2.75, 3.05) is 11.4 Å². The quantitative estimate of drug-likeness (QED) is 0.869. The van der Waals surface area contributed by atoms with Gasteiger partial charge in [-0.2, -0.15) is 18.4 Å². The molecule has 1 heterocycles. The van der Waals surface area contributed by atoms with E-state index in [0.29, 0.717) is 6.54 Å². The number of nitrogens with zero attached hydrogens (tertiary/aromatic N) is 3. The molecule has 0 aliphatic carbocycles. The van der Waals surface area contributed by atoms with Crippen molar-refractivity contribution < 1.29 is 23.4 Å². The third-order valence-electron chi connectivity index (χ3n) is 4.23. The van der Waals surface area contributed by atoms with Crippen LogP contribution in [0, 0.1) is 11.3 Å². The molecule has 1 aromatic carbocycles. The largest absolute Gasteiger partial charge is 0.417 e. The summed E-state index contributed by atoms with van der Waals surface area (Å²) in [4.78, 5) is 2.68. The van der Waals surface area contributed by atoms with Crippen LogP contribution in [0.3, 0.4) is 0 Å². The first-order chi connectivity index (χ1) is 10.6. The molecular weight excluding hydrogens is 311 g/mol. The molecule has 1 aromatic rings. The number of anilines is 1. The average molecular weight is 329 g/mol. The first-order valence-electron chi connectivity index (χ1n) is 7.08. The average Bonchev–Trinajstić information content (AvgIpc) is 2.63. The number of nitriles is 1. The molecule has 0 radical (unpaired) electrons. The van der Waals surface area contributed by atoms with E-state index < -0.39 is 35.4 Å². The number of hydrogen-bond acceptors (Lipinski definition) is 5. The highest BCUT2D eigenvalue weighted by atomic mass is 19.4. The van der Waals surface area contributed by atoms with Crippen molar-refractivity contribution in [1.82, 2.24) is 4.90 Å². The summed E-state index contributed by atoms with van der Waals surface area (Å²) in [7, 11) is 0. The first-order valence-corrected chi connectivity index (χ1v) is 7.08. The second-order valence-corrected chi connectivity index (χ2v) is 5.91. The van der Waals surface area contributed by atoms with Crippen LogP contribution in [-0.4, -0.2) is 39.8 Å². The Morgan fingerprint density at radius 3 is 2.35 bits per heavy atom. The van der Waals surface area contributed by atoms with Crippen molar-refractivity contribution in [2.45, 2.75) is 45.1 Å². The highest BCUT2D eigenvalue weighted by Gasteiger charge is 2.51. The standard InChI is InChI=1S/C15H18F3N3O2/c1-4-20-13(23)21(12(22)14(20,2)3)10-6-5-9(8-19)11(7-10)15(16,17)18/h5-7,12-13,22-23H,4H2,1-3H3. The number of aliphatic hydroxyl groups is 2. The minimum Gasteiger partial charge on any atom is -0.372 e. The number of rotatable bonds is 2. The van der Waals surface area contributed by atoms with E-state index in [4.69, 9.17) is 5.26 Å². The lowest BCUT2D eigenvalue weighted by Gasteiger charge is -2.31. The fraction of sp³-hybridized carbons (Fsp3) is 0.533. The van der Waals surface area contributed by atoms with E-state index >= 15 is 0 Å². The summed E-state index contributed by atoms with van der Waals surface area (Å²) in [5.41, 5.74) is -2.44. The minimum atomic E-state index is -4.70. The monoisotopic (exact) mass is 329 g/mol. The van der Waals surface area contributed by atoms with E-state index in [1.54, 1.807) is 25.7 Å². The number of alkyl halides is 3.